The Labute approximate surface area is 459 Å². The van der Waals surface area contributed by atoms with Gasteiger partial charge < -0.3 is 0 Å². The Kier molecular flexibility index (Phi) is 13.5. The highest BCUT2D eigenvalue weighted by Crippen LogP contribution is 2.29. The Morgan fingerprint density at radius 3 is 1.22 bits per heavy atom. The van der Waals surface area contributed by atoms with Crippen molar-refractivity contribution in [3.63, 3.8) is 0 Å². The van der Waals surface area contributed by atoms with Crippen molar-refractivity contribution in [1.29, 1.82) is 0 Å². The summed E-state index contributed by atoms with van der Waals surface area (Å²) in [5, 5.41) is 7.23. The summed E-state index contributed by atoms with van der Waals surface area (Å²) in [5.74, 6) is 0. The van der Waals surface area contributed by atoms with Gasteiger partial charge in [-0.05, 0) is 154 Å². The normalized spacial score (nSPS) is 12.4. The van der Waals surface area contributed by atoms with E-state index in [1.54, 1.807) is 18.2 Å². The molecule has 0 spiro atoms. The van der Waals surface area contributed by atoms with Gasteiger partial charge in [-0.2, -0.15) is 9.13 Å². The maximum Gasteiger partial charge on any atom is 0.213 e. The summed E-state index contributed by atoms with van der Waals surface area (Å²) in [4.78, 5) is 0. The van der Waals surface area contributed by atoms with Crippen molar-refractivity contribution >= 4 is 43.4 Å². The molecule has 12 aromatic rings. The first-order valence-corrected chi connectivity index (χ1v) is 26.0. The van der Waals surface area contributed by atoms with Crippen molar-refractivity contribution in [2.24, 2.45) is 28.2 Å². The highest BCUT2D eigenvalue weighted by molar-refractivity contribution is 5.85. The molecule has 8 aromatic carbocycles. The average Bonchev–Trinajstić information content (AvgIpc) is 3.61. The van der Waals surface area contributed by atoms with E-state index in [9.17, 15) is 0 Å². The number of fused-ring (bicyclic) bond motifs is 4. The van der Waals surface area contributed by atoms with E-state index in [4.69, 9.17) is 8.22 Å². The van der Waals surface area contributed by atoms with Gasteiger partial charge in [0, 0.05) is 88.4 Å². The first-order valence-electron chi connectivity index (χ1n) is 29.0. The van der Waals surface area contributed by atoms with E-state index in [0.717, 1.165) is 44.6 Å². The van der Waals surface area contributed by atoms with Crippen LogP contribution >= 0.6 is 0 Å². The second kappa shape index (κ2) is 22.9. The van der Waals surface area contributed by atoms with Crippen molar-refractivity contribution in [3.05, 3.63) is 263 Å². The lowest BCUT2D eigenvalue weighted by Gasteiger charge is -2.10. The van der Waals surface area contributed by atoms with Crippen LogP contribution < -0.4 is 18.3 Å². The van der Waals surface area contributed by atoms with Gasteiger partial charge in [-0.1, -0.05) is 126 Å². The van der Waals surface area contributed by atoms with E-state index in [0.29, 0.717) is 11.1 Å². The second-order valence-electron chi connectivity index (χ2n) is 20.1. The van der Waals surface area contributed by atoms with Crippen molar-refractivity contribution < 1.29 is 26.5 Å². The van der Waals surface area contributed by atoms with Gasteiger partial charge in [0.05, 0.1) is 0 Å². The van der Waals surface area contributed by atoms with Crippen LogP contribution in [-0.2, 0) is 28.2 Å². The minimum absolute atomic E-state index is 0.386. The van der Waals surface area contributed by atoms with Crippen LogP contribution in [0.4, 0.5) is 0 Å². The molecule has 4 heterocycles. The van der Waals surface area contributed by atoms with Crippen molar-refractivity contribution in [2.75, 3.05) is 0 Å². The van der Waals surface area contributed by atoms with E-state index >= 15 is 0 Å². The quantitative estimate of drug-likeness (QED) is 0.156. The third-order valence-corrected chi connectivity index (χ3v) is 14.6. The Bertz CT molecular complexity index is 4330. The number of hydrogen-bond acceptors (Lipinski definition) is 0. The number of aryl methyl sites for hydroxylation is 11. The van der Waals surface area contributed by atoms with Crippen LogP contribution in [0, 0.1) is 55.2 Å². The second-order valence-corrected chi connectivity index (χ2v) is 20.1. The maximum atomic E-state index is 7.78. The zero-order chi connectivity index (χ0) is 58.6. The third kappa shape index (κ3) is 11.4. The predicted molar refractivity (Wildman–Crippen MR) is 320 cm³/mol. The lowest BCUT2D eigenvalue weighted by Crippen LogP contribution is -2.32. The molecule has 0 aliphatic rings. The molecule has 4 heteroatoms. The SMILES string of the molecule is Cc1ccc(-c2ccc3ccccc3[n+]2C)c(C)c1.Cc1ccccc1-c1ccc2ccccc2[n+]1C.[2H]C([2H])([2H])c1cc(C)cc(-c2cc3ccccc3c[n+]2C)c1C.[2H]C([2H])([2H])c1ccc(-c2cc3ccccc3c[n+]2C)c(C)c1. The van der Waals surface area contributed by atoms with Gasteiger partial charge in [0.1, 0.15) is 28.2 Å². The third-order valence-electron chi connectivity index (χ3n) is 14.6. The zero-order valence-electron chi connectivity index (χ0n) is 51.6. The van der Waals surface area contributed by atoms with E-state index in [1.165, 1.54) is 77.2 Å². The maximum absolute atomic E-state index is 7.78. The molecule has 0 unspecified atom stereocenters. The smallest absolute Gasteiger partial charge is 0.200 e. The molecule has 0 fully saturated rings. The number of pyridine rings is 4. The number of benzene rings is 8. The Morgan fingerprint density at radius 2 is 0.711 bits per heavy atom. The highest BCUT2D eigenvalue weighted by Gasteiger charge is 2.19. The minimum atomic E-state index is -2.10. The summed E-state index contributed by atoms with van der Waals surface area (Å²) in [6, 6.07) is 70.8. The van der Waals surface area contributed by atoms with E-state index in [-0.39, 0.29) is 0 Å². The van der Waals surface area contributed by atoms with E-state index < -0.39 is 13.7 Å². The average molecular weight is 999 g/mol. The molecule has 0 atom stereocenters. The number of nitrogens with zero attached hydrogens (tertiary/aromatic N) is 4. The molecule has 0 aliphatic heterocycles. The molecule has 0 saturated carbocycles. The fourth-order valence-corrected chi connectivity index (χ4v) is 10.4. The number of hydrogen-bond donors (Lipinski definition) is 0. The fourth-order valence-electron chi connectivity index (χ4n) is 10.4. The Morgan fingerprint density at radius 1 is 0.289 bits per heavy atom. The van der Waals surface area contributed by atoms with Gasteiger partial charge in [-0.15, -0.1) is 0 Å². The minimum Gasteiger partial charge on any atom is -0.200 e. The predicted octanol–water partition coefficient (Wildman–Crippen LogP) is 15.8. The fraction of sp³-hybridized carbons (Fsp3) is 0.167. The largest absolute Gasteiger partial charge is 0.213 e. The molecule has 0 bridgehead atoms. The van der Waals surface area contributed by atoms with Crippen molar-refractivity contribution in [3.8, 4) is 45.0 Å². The first-order chi connectivity index (χ1) is 39.1. The van der Waals surface area contributed by atoms with Gasteiger partial charge in [0.2, 0.25) is 33.8 Å². The molecular formula is C72H72N4+4. The van der Waals surface area contributed by atoms with Crippen molar-refractivity contribution in [1.82, 2.24) is 0 Å². The lowest BCUT2D eigenvalue weighted by molar-refractivity contribution is -0.659. The molecule has 76 heavy (non-hydrogen) atoms. The van der Waals surface area contributed by atoms with E-state index in [2.05, 4.69) is 223 Å². The van der Waals surface area contributed by atoms with Crippen LogP contribution in [0.15, 0.2) is 219 Å². The van der Waals surface area contributed by atoms with Crippen LogP contribution in [0.25, 0.3) is 88.4 Å². The molecule has 0 amide bonds. The van der Waals surface area contributed by atoms with Gasteiger partial charge in [0.15, 0.2) is 12.4 Å². The van der Waals surface area contributed by atoms with Crippen LogP contribution in [0.1, 0.15) is 52.7 Å². The number of para-hydroxylation sites is 2. The molecule has 12 rings (SSSR count). The van der Waals surface area contributed by atoms with Gasteiger partial charge >= 0.3 is 0 Å². The lowest BCUT2D eigenvalue weighted by atomic mass is 9.96. The molecule has 0 aliphatic carbocycles. The molecule has 4 aromatic heterocycles. The topological polar surface area (TPSA) is 15.5 Å². The summed E-state index contributed by atoms with van der Waals surface area (Å²) in [6.07, 6.45) is 4.18. The molecular weight excluding hydrogens is 921 g/mol. The molecule has 0 saturated heterocycles. The summed E-state index contributed by atoms with van der Waals surface area (Å²) in [6.45, 7) is 8.11. The van der Waals surface area contributed by atoms with Crippen LogP contribution in [0.2, 0.25) is 0 Å². The molecule has 376 valence electrons. The molecule has 0 N–H and O–H groups in total. The van der Waals surface area contributed by atoms with Gasteiger partial charge in [-0.25, -0.2) is 9.13 Å². The zero-order valence-corrected chi connectivity index (χ0v) is 45.6. The van der Waals surface area contributed by atoms with Gasteiger partial charge in [0.25, 0.3) is 0 Å². The van der Waals surface area contributed by atoms with Crippen molar-refractivity contribution in [2.45, 2.75) is 55.2 Å². The van der Waals surface area contributed by atoms with Gasteiger partial charge in [-0.3, -0.25) is 0 Å². The van der Waals surface area contributed by atoms with Crippen LogP contribution in [0.3, 0.4) is 0 Å². The Balaban J connectivity index is 0.000000132. The van der Waals surface area contributed by atoms with E-state index in [1.807, 2.05) is 65.2 Å². The standard InChI is InChI=1S/C19H20N.2C18H18N.C17H16N/c1-13-9-14(2)15(3)18(10-13)19-11-16-7-5-6-8-17(16)12-20(19)4;1-13-8-10-16(14(2)12-13)18-11-9-15-6-4-5-7-17(15)19(18)3;1-13-8-9-17(14(2)10-13)18-11-15-6-4-5-7-16(15)12-19(18)3;1-13-7-3-5-9-15(13)17-12-11-14-8-4-6-10-16(14)18(17)2/h5-12H,1-4H3;2*4-12H,1-3H3;3-12H,1-2H3/q4*+1/i2D3;;1D3;. The number of aromatic nitrogens is 4. The molecule has 4 nitrogen and oxygen atoms in total. The number of rotatable bonds is 4. The summed E-state index contributed by atoms with van der Waals surface area (Å²) in [5.41, 5.74) is 19.3. The van der Waals surface area contributed by atoms with Crippen LogP contribution in [0.5, 0.6) is 0 Å². The molecule has 0 radical (unpaired) electrons. The summed E-state index contributed by atoms with van der Waals surface area (Å²) >= 11 is 0. The van der Waals surface area contributed by atoms with Crippen LogP contribution in [-0.4, -0.2) is 0 Å². The Hall–Kier alpha value is -8.60. The summed E-state index contributed by atoms with van der Waals surface area (Å²) in [7, 11) is 8.28. The first kappa shape index (κ1) is 44.8. The summed E-state index contributed by atoms with van der Waals surface area (Å²) < 4.78 is 54.6. The monoisotopic (exact) mass is 999 g/mol. The highest BCUT2D eigenvalue weighted by atomic mass is 14.9.